The van der Waals surface area contributed by atoms with Crippen molar-refractivity contribution >= 4 is 26.0 Å². The summed E-state index contributed by atoms with van der Waals surface area (Å²) in [4.78, 5) is 0.242. The summed E-state index contributed by atoms with van der Waals surface area (Å²) in [7, 11) is -3.03. The lowest BCUT2D eigenvalue weighted by molar-refractivity contribution is 0.549. The van der Waals surface area contributed by atoms with Crippen LogP contribution in [0.4, 0.5) is 0 Å². The lowest BCUT2D eigenvalue weighted by Crippen LogP contribution is -2.32. The molecule has 15 heavy (non-hydrogen) atoms. The fourth-order valence-corrected chi connectivity index (χ4v) is 4.12. The van der Waals surface area contributed by atoms with Gasteiger partial charge in [-0.25, -0.2) is 13.1 Å². The molecule has 0 aliphatic heterocycles. The van der Waals surface area contributed by atoms with Crippen molar-refractivity contribution in [2.75, 3.05) is 12.3 Å². The van der Waals surface area contributed by atoms with Crippen molar-refractivity contribution in [3.8, 4) is 0 Å². The molecule has 0 saturated heterocycles. The van der Waals surface area contributed by atoms with Gasteiger partial charge in [0.05, 0.1) is 5.75 Å². The van der Waals surface area contributed by atoms with Crippen LogP contribution in [0.3, 0.4) is 0 Å². The lowest BCUT2D eigenvalue weighted by atomic mass is 10.1. The molecule has 0 heterocycles. The van der Waals surface area contributed by atoms with Crippen LogP contribution in [0.1, 0.15) is 33.1 Å². The number of hydrogen-bond donors (Lipinski definition) is 1. The molecular formula is C10H20BrNO2S. The zero-order valence-electron chi connectivity index (χ0n) is 9.37. The molecule has 1 rings (SSSR count). The first kappa shape index (κ1) is 13.5. The fraction of sp³-hybridized carbons (Fsp3) is 1.00. The summed E-state index contributed by atoms with van der Waals surface area (Å²) < 4.78 is 25.7. The van der Waals surface area contributed by atoms with Crippen molar-refractivity contribution < 1.29 is 8.42 Å². The first-order valence-electron chi connectivity index (χ1n) is 5.50. The molecule has 1 aliphatic rings. The maximum absolute atomic E-state index is 11.5. The molecule has 0 bridgehead atoms. The molecule has 0 aromatic heterocycles. The highest BCUT2D eigenvalue weighted by atomic mass is 79.9. The molecule has 1 saturated carbocycles. The van der Waals surface area contributed by atoms with Gasteiger partial charge in [0.1, 0.15) is 0 Å². The Hall–Kier alpha value is 0.390. The average molecular weight is 298 g/mol. The van der Waals surface area contributed by atoms with Crippen LogP contribution < -0.4 is 4.72 Å². The molecule has 1 N–H and O–H groups in total. The Kier molecular flexibility index (Phi) is 5.06. The first-order chi connectivity index (χ1) is 6.89. The van der Waals surface area contributed by atoms with Crippen LogP contribution in [-0.2, 0) is 10.0 Å². The number of halogens is 1. The summed E-state index contributed by atoms with van der Waals surface area (Å²) in [6.45, 7) is 4.77. The predicted molar refractivity (Wildman–Crippen MR) is 66.7 cm³/mol. The van der Waals surface area contributed by atoms with Crippen molar-refractivity contribution in [2.45, 2.75) is 37.9 Å². The quantitative estimate of drug-likeness (QED) is 0.732. The molecule has 1 unspecified atom stereocenters. The zero-order valence-corrected chi connectivity index (χ0v) is 11.8. The van der Waals surface area contributed by atoms with Crippen LogP contribution in [0, 0.1) is 11.8 Å². The van der Waals surface area contributed by atoms with Crippen LogP contribution in [0.5, 0.6) is 0 Å². The Balaban J connectivity index is 2.22. The fourth-order valence-electron chi connectivity index (χ4n) is 1.47. The average Bonchev–Trinajstić information content (AvgIpc) is 2.83. The standard InChI is InChI=1S/C10H20BrNO2S/c1-8(2)5-10(11)6-12-15(13,14)7-9-3-4-9/h8-10,12H,3-7H2,1-2H3. The van der Waals surface area contributed by atoms with Gasteiger partial charge in [0.2, 0.25) is 10.0 Å². The van der Waals surface area contributed by atoms with Crippen LogP contribution >= 0.6 is 15.9 Å². The predicted octanol–water partition coefficient (Wildman–Crippen LogP) is 2.13. The van der Waals surface area contributed by atoms with Gasteiger partial charge in [-0.1, -0.05) is 29.8 Å². The largest absolute Gasteiger partial charge is 0.214 e. The van der Waals surface area contributed by atoms with E-state index in [1.807, 2.05) is 0 Å². The summed E-state index contributed by atoms with van der Waals surface area (Å²) in [5.41, 5.74) is 0. The molecule has 0 aromatic rings. The summed E-state index contributed by atoms with van der Waals surface area (Å²) in [6.07, 6.45) is 3.14. The SMILES string of the molecule is CC(C)CC(Br)CNS(=O)(=O)CC1CC1. The minimum absolute atomic E-state index is 0.242. The number of hydrogen-bond acceptors (Lipinski definition) is 2. The van der Waals surface area contributed by atoms with Crippen LogP contribution in [0.15, 0.2) is 0 Å². The van der Waals surface area contributed by atoms with Crippen molar-refractivity contribution in [3.63, 3.8) is 0 Å². The number of alkyl halides is 1. The third-order valence-corrected chi connectivity index (χ3v) is 4.62. The van der Waals surface area contributed by atoms with E-state index in [1.165, 1.54) is 0 Å². The van der Waals surface area contributed by atoms with E-state index >= 15 is 0 Å². The van der Waals surface area contributed by atoms with E-state index in [-0.39, 0.29) is 4.83 Å². The number of sulfonamides is 1. The molecule has 90 valence electrons. The second kappa shape index (κ2) is 5.64. The van der Waals surface area contributed by atoms with Gasteiger partial charge in [0, 0.05) is 11.4 Å². The van der Waals surface area contributed by atoms with E-state index < -0.39 is 10.0 Å². The molecule has 3 nitrogen and oxygen atoms in total. The third kappa shape index (κ3) is 6.53. The van der Waals surface area contributed by atoms with Gasteiger partial charge in [0.25, 0.3) is 0 Å². The Bertz CT molecular complexity index is 286. The highest BCUT2D eigenvalue weighted by Gasteiger charge is 2.27. The smallest absolute Gasteiger partial charge is 0.211 e. The van der Waals surface area contributed by atoms with E-state index in [9.17, 15) is 8.42 Å². The van der Waals surface area contributed by atoms with Gasteiger partial charge in [-0.15, -0.1) is 0 Å². The third-order valence-electron chi connectivity index (χ3n) is 2.40. The van der Waals surface area contributed by atoms with Crippen molar-refractivity contribution in [2.24, 2.45) is 11.8 Å². The molecule has 0 amide bonds. The summed E-state index contributed by atoms with van der Waals surface area (Å²) in [6, 6.07) is 0. The lowest BCUT2D eigenvalue weighted by Gasteiger charge is -2.13. The Morgan fingerprint density at radius 2 is 2.00 bits per heavy atom. The van der Waals surface area contributed by atoms with Gasteiger partial charge in [0.15, 0.2) is 0 Å². The van der Waals surface area contributed by atoms with Gasteiger partial charge >= 0.3 is 0 Å². The molecule has 1 fully saturated rings. The second-order valence-electron chi connectivity index (χ2n) is 4.80. The molecule has 0 radical (unpaired) electrons. The van der Waals surface area contributed by atoms with Crippen LogP contribution in [0.2, 0.25) is 0 Å². The van der Waals surface area contributed by atoms with Crippen LogP contribution in [-0.4, -0.2) is 25.5 Å². The Morgan fingerprint density at radius 3 is 2.47 bits per heavy atom. The van der Waals surface area contributed by atoms with Crippen LogP contribution in [0.25, 0.3) is 0 Å². The number of nitrogens with one attached hydrogen (secondary N) is 1. The second-order valence-corrected chi connectivity index (χ2v) is 7.95. The van der Waals surface area contributed by atoms with Crippen molar-refractivity contribution in [3.05, 3.63) is 0 Å². The van der Waals surface area contributed by atoms with E-state index in [4.69, 9.17) is 0 Å². The van der Waals surface area contributed by atoms with Crippen molar-refractivity contribution in [1.29, 1.82) is 0 Å². The Labute approximate surface area is 101 Å². The van der Waals surface area contributed by atoms with Gasteiger partial charge in [-0.2, -0.15) is 0 Å². The number of rotatable bonds is 7. The summed E-state index contributed by atoms with van der Waals surface area (Å²) in [5, 5.41) is 0. The monoisotopic (exact) mass is 297 g/mol. The molecule has 5 heteroatoms. The minimum atomic E-state index is -3.03. The van der Waals surface area contributed by atoms with Gasteiger partial charge < -0.3 is 0 Å². The highest BCUT2D eigenvalue weighted by Crippen LogP contribution is 2.29. The molecule has 1 atom stereocenters. The highest BCUT2D eigenvalue weighted by molar-refractivity contribution is 9.09. The maximum Gasteiger partial charge on any atom is 0.211 e. The van der Waals surface area contributed by atoms with Crippen molar-refractivity contribution in [1.82, 2.24) is 4.72 Å². The minimum Gasteiger partial charge on any atom is -0.214 e. The molecular weight excluding hydrogens is 278 g/mol. The zero-order chi connectivity index (χ0) is 11.5. The first-order valence-corrected chi connectivity index (χ1v) is 8.07. The van der Waals surface area contributed by atoms with E-state index in [0.29, 0.717) is 24.1 Å². The summed E-state index contributed by atoms with van der Waals surface area (Å²) >= 11 is 3.49. The molecule has 0 aromatic carbocycles. The van der Waals surface area contributed by atoms with Gasteiger partial charge in [-0.05, 0) is 31.1 Å². The molecule has 1 aliphatic carbocycles. The topological polar surface area (TPSA) is 46.2 Å². The van der Waals surface area contributed by atoms with E-state index in [0.717, 1.165) is 19.3 Å². The normalized spacial score (nSPS) is 19.5. The molecule has 0 spiro atoms. The Morgan fingerprint density at radius 1 is 1.40 bits per heavy atom. The summed E-state index contributed by atoms with van der Waals surface area (Å²) in [5.74, 6) is 1.32. The van der Waals surface area contributed by atoms with E-state index in [2.05, 4.69) is 34.5 Å². The maximum atomic E-state index is 11.5. The van der Waals surface area contributed by atoms with E-state index in [1.54, 1.807) is 0 Å². The van der Waals surface area contributed by atoms with Gasteiger partial charge in [-0.3, -0.25) is 0 Å².